The molecular weight excluding hydrogens is 229 g/mol. The number of hydrogen-bond donors (Lipinski definition) is 1. The molecule has 0 aromatic carbocycles. The van der Waals surface area contributed by atoms with Crippen molar-refractivity contribution in [1.82, 2.24) is 0 Å². The molecule has 0 aromatic heterocycles. The first-order chi connectivity index (χ1) is 8.19. The fourth-order valence-electron chi connectivity index (χ4n) is 1.59. The number of rotatable bonds is 4. The van der Waals surface area contributed by atoms with E-state index in [1.165, 1.54) is 6.08 Å². The van der Waals surface area contributed by atoms with Gasteiger partial charge < -0.3 is 15.0 Å². The summed E-state index contributed by atoms with van der Waals surface area (Å²) in [5.41, 5.74) is 5.02. The van der Waals surface area contributed by atoms with E-state index in [0.29, 0.717) is 5.47 Å². The van der Waals surface area contributed by atoms with E-state index in [4.69, 9.17) is 15.0 Å². The molecule has 1 rings (SSSR count). The summed E-state index contributed by atoms with van der Waals surface area (Å²) < 4.78 is 11.7. The molecule has 1 heterocycles. The van der Waals surface area contributed by atoms with Gasteiger partial charge in [-0.15, -0.1) is 0 Å². The Morgan fingerprint density at radius 2 is 1.72 bits per heavy atom. The first-order valence-electron chi connectivity index (χ1n) is 6.23. The number of carbonyl (C=O) groups excluding carboxylic acids is 1. The highest BCUT2D eigenvalue weighted by Crippen LogP contribution is 2.38. The van der Waals surface area contributed by atoms with Gasteiger partial charge in [0.05, 0.1) is 11.2 Å². The van der Waals surface area contributed by atoms with Crippen LogP contribution in [-0.4, -0.2) is 24.2 Å². The Morgan fingerprint density at radius 3 is 2.11 bits per heavy atom. The molecule has 4 nitrogen and oxygen atoms in total. The average Bonchev–Trinajstić information content (AvgIpc) is 2.42. The number of carbonyl (C=O) groups is 1. The van der Waals surface area contributed by atoms with Gasteiger partial charge in [-0.05, 0) is 39.6 Å². The van der Waals surface area contributed by atoms with Gasteiger partial charge in [0.15, 0.2) is 0 Å². The van der Waals surface area contributed by atoms with Crippen LogP contribution in [0.2, 0.25) is 0 Å². The van der Waals surface area contributed by atoms with Crippen LogP contribution in [-0.2, 0) is 14.1 Å². The van der Waals surface area contributed by atoms with E-state index in [1.54, 1.807) is 0 Å². The number of allylic oxidation sites excluding steroid dienone is 3. The van der Waals surface area contributed by atoms with Crippen LogP contribution in [0.3, 0.4) is 0 Å². The predicted octanol–water partition coefficient (Wildman–Crippen LogP) is 2.00. The summed E-state index contributed by atoms with van der Waals surface area (Å²) in [5.74, 6) is -0.500. The Morgan fingerprint density at radius 1 is 1.22 bits per heavy atom. The van der Waals surface area contributed by atoms with Crippen molar-refractivity contribution in [1.29, 1.82) is 0 Å². The Labute approximate surface area is 109 Å². The molecule has 0 aromatic rings. The van der Waals surface area contributed by atoms with Crippen LogP contribution in [0.1, 0.15) is 41.0 Å². The quantitative estimate of drug-likeness (QED) is 0.472. The Balaban J connectivity index is 2.97. The second-order valence-electron chi connectivity index (χ2n) is 5.45. The van der Waals surface area contributed by atoms with Crippen molar-refractivity contribution in [2.45, 2.75) is 52.2 Å². The fraction of sp³-hybridized carbons (Fsp3) is 0.615. The minimum Gasteiger partial charge on any atom is -0.399 e. The van der Waals surface area contributed by atoms with Crippen LogP contribution < -0.4 is 5.73 Å². The fourth-order valence-corrected chi connectivity index (χ4v) is 1.59. The summed E-state index contributed by atoms with van der Waals surface area (Å²) in [6.07, 6.45) is 6.00. The lowest BCUT2D eigenvalue weighted by Gasteiger charge is -2.32. The number of hydrogen-bond acceptors (Lipinski definition) is 3. The highest BCUT2D eigenvalue weighted by atomic mass is 16.7. The van der Waals surface area contributed by atoms with Gasteiger partial charge in [0.2, 0.25) is 5.91 Å². The van der Waals surface area contributed by atoms with Crippen molar-refractivity contribution in [3.63, 3.8) is 0 Å². The highest BCUT2D eigenvalue weighted by molar-refractivity contribution is 6.56. The molecule has 1 aliphatic heterocycles. The topological polar surface area (TPSA) is 61.6 Å². The van der Waals surface area contributed by atoms with Crippen LogP contribution in [0, 0.1) is 0 Å². The van der Waals surface area contributed by atoms with Gasteiger partial charge in [-0.3, -0.25) is 4.79 Å². The van der Waals surface area contributed by atoms with Crippen molar-refractivity contribution in [2.75, 3.05) is 0 Å². The molecule has 1 saturated heterocycles. The van der Waals surface area contributed by atoms with Crippen LogP contribution >= 0.6 is 0 Å². The lowest BCUT2D eigenvalue weighted by atomic mass is 9.77. The zero-order chi connectivity index (χ0) is 14.0. The summed E-state index contributed by atoms with van der Waals surface area (Å²) in [4.78, 5) is 11.1. The molecule has 0 bridgehead atoms. The van der Waals surface area contributed by atoms with Gasteiger partial charge in [-0.1, -0.05) is 19.1 Å². The molecule has 2 N–H and O–H groups in total. The van der Waals surface area contributed by atoms with E-state index >= 15 is 0 Å². The molecule has 1 aliphatic rings. The second kappa shape index (κ2) is 5.28. The average molecular weight is 251 g/mol. The normalized spacial score (nSPS) is 22.7. The third-order valence-electron chi connectivity index (χ3n) is 3.38. The maximum atomic E-state index is 11.1. The monoisotopic (exact) mass is 251 g/mol. The largest absolute Gasteiger partial charge is 0.495 e. The molecule has 0 saturated carbocycles. The minimum atomic E-state index is -0.551. The van der Waals surface area contributed by atoms with Crippen molar-refractivity contribution < 1.29 is 14.1 Å². The first kappa shape index (κ1) is 15.0. The molecule has 0 radical (unpaired) electrons. The summed E-state index contributed by atoms with van der Waals surface area (Å²) in [6.45, 7) is 9.90. The number of nitrogens with two attached hydrogens (primary N) is 1. The summed E-state index contributed by atoms with van der Waals surface area (Å²) in [7, 11) is -0.551. The van der Waals surface area contributed by atoms with Crippen LogP contribution in [0.5, 0.6) is 0 Å². The van der Waals surface area contributed by atoms with Crippen LogP contribution in [0.15, 0.2) is 23.7 Å². The molecule has 100 valence electrons. The van der Waals surface area contributed by atoms with Crippen molar-refractivity contribution in [3.8, 4) is 0 Å². The van der Waals surface area contributed by atoms with Gasteiger partial charge >= 0.3 is 7.12 Å². The summed E-state index contributed by atoms with van der Waals surface area (Å²) in [5, 5.41) is 0. The standard InChI is InChI=1S/C13H22BNO3/c1-6-7-8-10(9-11(15)16)14-17-12(2,3)13(4,5)18-14/h7-9H,6H2,1-5H3,(H2,15,16)/b8-7-,10-9+. The Bertz CT molecular complexity index is 370. The van der Waals surface area contributed by atoms with E-state index in [9.17, 15) is 4.79 Å². The van der Waals surface area contributed by atoms with Gasteiger partial charge in [-0.25, -0.2) is 0 Å². The third-order valence-corrected chi connectivity index (χ3v) is 3.38. The molecule has 1 amide bonds. The lowest BCUT2D eigenvalue weighted by Crippen LogP contribution is -2.41. The minimum absolute atomic E-state index is 0.422. The van der Waals surface area contributed by atoms with Crippen LogP contribution in [0.25, 0.3) is 0 Å². The number of amides is 1. The molecule has 0 aliphatic carbocycles. The van der Waals surface area contributed by atoms with Crippen LogP contribution in [0.4, 0.5) is 0 Å². The maximum absolute atomic E-state index is 11.1. The van der Waals surface area contributed by atoms with Gasteiger partial charge in [0.25, 0.3) is 0 Å². The first-order valence-corrected chi connectivity index (χ1v) is 6.23. The van der Waals surface area contributed by atoms with Gasteiger partial charge in [0, 0.05) is 6.08 Å². The number of primary amides is 1. The van der Waals surface area contributed by atoms with E-state index < -0.39 is 24.2 Å². The zero-order valence-corrected chi connectivity index (χ0v) is 11.8. The predicted molar refractivity (Wildman–Crippen MR) is 72.8 cm³/mol. The molecule has 5 heteroatoms. The summed E-state index contributed by atoms with van der Waals surface area (Å²) >= 11 is 0. The molecule has 18 heavy (non-hydrogen) atoms. The van der Waals surface area contributed by atoms with Crippen molar-refractivity contribution >= 4 is 13.0 Å². The highest BCUT2D eigenvalue weighted by Gasteiger charge is 2.52. The molecular formula is C13H22BNO3. The zero-order valence-electron chi connectivity index (χ0n) is 11.8. The smallest absolute Gasteiger partial charge is 0.399 e. The second-order valence-corrected chi connectivity index (χ2v) is 5.45. The Kier molecular flexibility index (Phi) is 4.40. The lowest BCUT2D eigenvalue weighted by molar-refractivity contribution is -0.113. The van der Waals surface area contributed by atoms with E-state index in [2.05, 4.69) is 0 Å². The van der Waals surface area contributed by atoms with E-state index in [0.717, 1.165) is 6.42 Å². The third kappa shape index (κ3) is 3.24. The van der Waals surface area contributed by atoms with Gasteiger partial charge in [-0.2, -0.15) is 0 Å². The summed E-state index contributed by atoms with van der Waals surface area (Å²) in [6, 6.07) is 0. The molecule has 0 unspecified atom stereocenters. The Hall–Kier alpha value is -1.07. The maximum Gasteiger partial charge on any atom is 0.495 e. The van der Waals surface area contributed by atoms with E-state index in [-0.39, 0.29) is 0 Å². The van der Waals surface area contributed by atoms with Gasteiger partial charge in [0.1, 0.15) is 0 Å². The molecule has 1 fully saturated rings. The van der Waals surface area contributed by atoms with Crippen molar-refractivity contribution in [2.24, 2.45) is 5.73 Å². The van der Waals surface area contributed by atoms with Crippen molar-refractivity contribution in [3.05, 3.63) is 23.7 Å². The SMILES string of the molecule is CC/C=C\C(=C/C(N)=O)B1OC(C)(C)C(C)(C)O1. The molecule has 0 spiro atoms. The molecule has 0 atom stereocenters. The van der Waals surface area contributed by atoms with E-state index in [1.807, 2.05) is 46.8 Å².